The minimum Gasteiger partial charge on any atom is -0.494 e. The maximum Gasteiger partial charge on any atom is 0.119 e. The molecule has 2 aromatic carbocycles. The first-order chi connectivity index (χ1) is 26.7. The summed E-state index contributed by atoms with van der Waals surface area (Å²) in [6, 6.07) is 29.4. The lowest BCUT2D eigenvalue weighted by Gasteiger charge is -2.08. The van der Waals surface area contributed by atoms with Gasteiger partial charge in [0.15, 0.2) is 0 Å². The molecule has 0 saturated carbocycles. The third-order valence-electron chi connectivity index (χ3n) is 10.00. The van der Waals surface area contributed by atoms with Crippen molar-refractivity contribution >= 4 is 62.3 Å². The Labute approximate surface area is 327 Å². The maximum absolute atomic E-state index is 6.16. The second-order valence-electron chi connectivity index (χ2n) is 14.2. The SMILES string of the molecule is CCCCCCCCCCCCOc1ccc(-c2c3nc(cc4ccc([nH]4)c(-c4ccc(OCCCBr)cc4)c4nc(cc5ccc2[nH]5)C=C4)C=C3)cc1. The second kappa shape index (κ2) is 18.9. The first-order valence-corrected chi connectivity index (χ1v) is 20.9. The van der Waals surface area contributed by atoms with Crippen molar-refractivity contribution in [2.75, 3.05) is 18.5 Å². The first kappa shape index (κ1) is 37.4. The Morgan fingerprint density at radius 3 is 1.41 bits per heavy atom. The number of H-pyrrole nitrogens is 2. The molecule has 0 unspecified atom stereocenters. The molecule has 54 heavy (non-hydrogen) atoms. The molecule has 8 bridgehead atoms. The van der Waals surface area contributed by atoms with E-state index in [4.69, 9.17) is 19.4 Å². The van der Waals surface area contributed by atoms with Crippen LogP contribution in [0.3, 0.4) is 0 Å². The zero-order valence-corrected chi connectivity index (χ0v) is 33.0. The number of rotatable bonds is 18. The van der Waals surface area contributed by atoms with Crippen LogP contribution in [0.4, 0.5) is 0 Å². The van der Waals surface area contributed by atoms with Crippen LogP contribution in [-0.2, 0) is 0 Å². The molecule has 0 radical (unpaired) electrons. The molecule has 0 amide bonds. The van der Waals surface area contributed by atoms with Gasteiger partial charge in [-0.1, -0.05) is 105 Å². The largest absolute Gasteiger partial charge is 0.494 e. The number of benzene rings is 2. The van der Waals surface area contributed by atoms with Gasteiger partial charge in [-0.05, 0) is 109 Å². The van der Waals surface area contributed by atoms with E-state index in [1.165, 1.54) is 57.8 Å². The normalized spacial score (nSPS) is 12.0. The lowest BCUT2D eigenvalue weighted by Crippen LogP contribution is -1.97. The van der Waals surface area contributed by atoms with Gasteiger partial charge < -0.3 is 19.4 Å². The van der Waals surface area contributed by atoms with E-state index in [0.717, 1.165) is 103 Å². The zero-order valence-electron chi connectivity index (χ0n) is 31.4. The van der Waals surface area contributed by atoms with Crippen LogP contribution in [0.1, 0.15) is 100 Å². The van der Waals surface area contributed by atoms with Gasteiger partial charge in [0.05, 0.1) is 36.0 Å². The van der Waals surface area contributed by atoms with E-state index >= 15 is 0 Å². The molecule has 0 fully saturated rings. The fourth-order valence-electron chi connectivity index (χ4n) is 7.14. The summed E-state index contributed by atoms with van der Waals surface area (Å²) in [5, 5.41) is 0.922. The quantitative estimate of drug-likeness (QED) is 0.0671. The smallest absolute Gasteiger partial charge is 0.119 e. The molecule has 3 aromatic heterocycles. The van der Waals surface area contributed by atoms with E-state index < -0.39 is 0 Å². The van der Waals surface area contributed by atoms with Crippen LogP contribution in [0.15, 0.2) is 84.9 Å². The van der Waals surface area contributed by atoms with Crippen molar-refractivity contribution in [3.05, 3.63) is 108 Å². The fourth-order valence-corrected chi connectivity index (χ4v) is 7.37. The summed E-state index contributed by atoms with van der Waals surface area (Å²) in [6.07, 6.45) is 22.5. The van der Waals surface area contributed by atoms with E-state index in [1.807, 2.05) is 12.1 Å². The number of halogens is 1. The number of aromatic amines is 2. The Balaban J connectivity index is 1.14. The summed E-state index contributed by atoms with van der Waals surface area (Å²) < 4.78 is 12.1. The number of nitrogens with one attached hydrogen (secondary N) is 2. The van der Waals surface area contributed by atoms with Gasteiger partial charge in [0.2, 0.25) is 0 Å². The highest BCUT2D eigenvalue weighted by Gasteiger charge is 2.14. The Bertz CT molecular complexity index is 2210. The van der Waals surface area contributed by atoms with Crippen molar-refractivity contribution in [1.82, 2.24) is 19.9 Å². The Morgan fingerprint density at radius 2 is 0.944 bits per heavy atom. The van der Waals surface area contributed by atoms with E-state index in [-0.39, 0.29) is 0 Å². The van der Waals surface area contributed by atoms with Crippen molar-refractivity contribution in [2.24, 2.45) is 0 Å². The molecule has 2 aliphatic heterocycles. The van der Waals surface area contributed by atoms with Crippen LogP contribution in [0, 0.1) is 0 Å². The topological polar surface area (TPSA) is 75.8 Å². The van der Waals surface area contributed by atoms with Crippen LogP contribution in [0.5, 0.6) is 11.5 Å². The third kappa shape index (κ3) is 9.80. The predicted octanol–water partition coefficient (Wildman–Crippen LogP) is 13.5. The zero-order chi connectivity index (χ0) is 37.0. The summed E-state index contributed by atoms with van der Waals surface area (Å²) in [4.78, 5) is 17.5. The lowest BCUT2D eigenvalue weighted by atomic mass is 10.0. The van der Waals surface area contributed by atoms with Crippen molar-refractivity contribution in [2.45, 2.75) is 77.6 Å². The van der Waals surface area contributed by atoms with Crippen LogP contribution in [0.2, 0.25) is 0 Å². The molecule has 0 saturated heterocycles. The minimum absolute atomic E-state index is 0.679. The molecular formula is C47H51BrN4O2. The molecule has 0 aliphatic carbocycles. The van der Waals surface area contributed by atoms with Gasteiger partial charge in [-0.3, -0.25) is 0 Å². The molecule has 2 N–H and O–H groups in total. The number of alkyl halides is 1. The number of ether oxygens (including phenoxy) is 2. The van der Waals surface area contributed by atoms with Gasteiger partial charge in [-0.2, -0.15) is 0 Å². The molecule has 0 spiro atoms. The van der Waals surface area contributed by atoms with Gasteiger partial charge in [-0.25, -0.2) is 9.97 Å². The van der Waals surface area contributed by atoms with Gasteiger partial charge in [0, 0.05) is 38.5 Å². The highest BCUT2D eigenvalue weighted by Crippen LogP contribution is 2.33. The average molecular weight is 784 g/mol. The first-order valence-electron chi connectivity index (χ1n) is 19.8. The third-order valence-corrected chi connectivity index (χ3v) is 10.6. The van der Waals surface area contributed by atoms with Gasteiger partial charge in [0.1, 0.15) is 11.5 Å². The van der Waals surface area contributed by atoms with E-state index in [9.17, 15) is 0 Å². The summed E-state index contributed by atoms with van der Waals surface area (Å²) in [6.45, 7) is 3.71. The summed E-state index contributed by atoms with van der Waals surface area (Å²) in [7, 11) is 0. The highest BCUT2D eigenvalue weighted by atomic mass is 79.9. The Morgan fingerprint density at radius 1 is 0.500 bits per heavy atom. The number of nitrogens with zero attached hydrogens (tertiary/aromatic N) is 2. The highest BCUT2D eigenvalue weighted by molar-refractivity contribution is 9.09. The molecule has 6 nitrogen and oxygen atoms in total. The number of unbranched alkanes of at least 4 members (excludes halogenated alkanes) is 9. The van der Waals surface area contributed by atoms with Gasteiger partial charge in [0.25, 0.3) is 0 Å². The molecule has 278 valence electrons. The number of hydrogen-bond donors (Lipinski definition) is 2. The number of fused-ring (bicyclic) bond motifs is 8. The molecule has 7 heteroatoms. The van der Waals surface area contributed by atoms with Crippen molar-refractivity contribution in [1.29, 1.82) is 0 Å². The second-order valence-corrected chi connectivity index (χ2v) is 15.0. The van der Waals surface area contributed by atoms with E-state index in [2.05, 4.69) is 130 Å². The van der Waals surface area contributed by atoms with E-state index in [0.29, 0.717) is 6.61 Å². The van der Waals surface area contributed by atoms with Crippen molar-refractivity contribution in [3.8, 4) is 33.8 Å². The van der Waals surface area contributed by atoms with E-state index in [1.54, 1.807) is 0 Å². The molecular weight excluding hydrogens is 732 g/mol. The predicted molar refractivity (Wildman–Crippen MR) is 231 cm³/mol. The lowest BCUT2D eigenvalue weighted by molar-refractivity contribution is 0.304. The van der Waals surface area contributed by atoms with Crippen LogP contribution in [-0.4, -0.2) is 38.5 Å². The molecule has 7 rings (SSSR count). The minimum atomic E-state index is 0.679. The van der Waals surface area contributed by atoms with Crippen molar-refractivity contribution in [3.63, 3.8) is 0 Å². The average Bonchev–Trinajstić information content (AvgIpc) is 4.03. The monoisotopic (exact) mass is 782 g/mol. The van der Waals surface area contributed by atoms with Gasteiger partial charge >= 0.3 is 0 Å². The summed E-state index contributed by atoms with van der Waals surface area (Å²) >= 11 is 3.48. The van der Waals surface area contributed by atoms with Crippen molar-refractivity contribution < 1.29 is 9.47 Å². The van der Waals surface area contributed by atoms with Gasteiger partial charge in [-0.15, -0.1) is 0 Å². The molecule has 5 heterocycles. The van der Waals surface area contributed by atoms with Crippen LogP contribution >= 0.6 is 15.9 Å². The standard InChI is InChI=1S/C47H51BrN4O2/c1-2-3-4-5-6-7-8-9-10-11-30-53-40-21-13-34(14-22-40)46-42-25-17-36(49-42)32-38-19-27-44(51-38)47(35-15-23-41(24-16-35)54-31-12-29-48)45-28-20-39(52-45)33-37-18-26-43(46)50-37/h13-28,32-33,49,52H,2-12,29-31H2,1H3. The maximum atomic E-state index is 6.16. The number of hydrogen-bond acceptors (Lipinski definition) is 4. The summed E-state index contributed by atoms with van der Waals surface area (Å²) in [5.74, 6) is 1.76. The molecule has 0 atom stereocenters. The fraction of sp³-hybridized carbons (Fsp3) is 0.319. The Kier molecular flexibility index (Phi) is 13.1. The Hall–Kier alpha value is -4.88. The number of aromatic nitrogens is 4. The van der Waals surface area contributed by atoms with Crippen LogP contribution < -0.4 is 9.47 Å². The molecule has 2 aliphatic rings. The summed E-state index contributed by atoms with van der Waals surface area (Å²) in [5.41, 5.74) is 11.7. The molecule has 5 aromatic rings. The van der Waals surface area contributed by atoms with Crippen LogP contribution in [0.25, 0.3) is 68.6 Å².